The lowest BCUT2D eigenvalue weighted by Crippen LogP contribution is -2.40. The first-order valence-corrected chi connectivity index (χ1v) is 8.12. The maximum atomic E-state index is 12.1. The van der Waals surface area contributed by atoms with Gasteiger partial charge in [-0.15, -0.1) is 0 Å². The number of carbonyl (C=O) groups is 1. The number of hydrogen-bond acceptors (Lipinski definition) is 4. The SMILES string of the molecule is CCCC[C@H](NS(=O)(=O)c1ccc(C#N)c(Cl)c1)C(=O)O. The molecule has 0 spiro atoms. The molecule has 2 N–H and O–H groups in total. The third-order valence-electron chi connectivity index (χ3n) is 2.81. The lowest BCUT2D eigenvalue weighted by molar-refractivity contribution is -0.139. The number of carboxylic acids is 1. The maximum Gasteiger partial charge on any atom is 0.321 e. The highest BCUT2D eigenvalue weighted by Gasteiger charge is 2.25. The van der Waals surface area contributed by atoms with Crippen LogP contribution in [0.5, 0.6) is 0 Å². The van der Waals surface area contributed by atoms with Crippen LogP contribution in [0.4, 0.5) is 0 Å². The molecule has 8 heteroatoms. The maximum absolute atomic E-state index is 12.1. The normalized spacial score (nSPS) is 12.6. The van der Waals surface area contributed by atoms with Gasteiger partial charge in [0.25, 0.3) is 0 Å². The zero-order valence-electron chi connectivity index (χ0n) is 11.3. The van der Waals surface area contributed by atoms with Gasteiger partial charge in [0, 0.05) is 0 Å². The Kier molecular flexibility index (Phi) is 6.15. The molecule has 0 heterocycles. The van der Waals surface area contributed by atoms with Gasteiger partial charge in [-0.1, -0.05) is 31.4 Å². The number of sulfonamides is 1. The molecule has 0 aliphatic rings. The van der Waals surface area contributed by atoms with Crippen molar-refractivity contribution >= 4 is 27.6 Å². The second kappa shape index (κ2) is 7.41. The van der Waals surface area contributed by atoms with Gasteiger partial charge < -0.3 is 5.11 Å². The first-order chi connectivity index (χ1) is 9.81. The van der Waals surface area contributed by atoms with Gasteiger partial charge in [-0.3, -0.25) is 4.79 Å². The molecule has 0 bridgehead atoms. The molecule has 21 heavy (non-hydrogen) atoms. The van der Waals surface area contributed by atoms with Crippen LogP contribution in [-0.2, 0) is 14.8 Å². The summed E-state index contributed by atoms with van der Waals surface area (Å²) in [7, 11) is -4.01. The first-order valence-electron chi connectivity index (χ1n) is 6.26. The number of aliphatic carboxylic acids is 1. The summed E-state index contributed by atoms with van der Waals surface area (Å²) in [6.07, 6.45) is 1.55. The Labute approximate surface area is 128 Å². The van der Waals surface area contributed by atoms with Crippen molar-refractivity contribution in [2.24, 2.45) is 0 Å². The van der Waals surface area contributed by atoms with Crippen molar-refractivity contribution in [1.29, 1.82) is 5.26 Å². The van der Waals surface area contributed by atoms with Crippen molar-refractivity contribution < 1.29 is 18.3 Å². The third-order valence-corrected chi connectivity index (χ3v) is 4.60. The van der Waals surface area contributed by atoms with Gasteiger partial charge in [-0.05, 0) is 24.6 Å². The fraction of sp³-hybridized carbons (Fsp3) is 0.385. The number of rotatable bonds is 7. The van der Waals surface area contributed by atoms with E-state index in [1.54, 1.807) is 0 Å². The third kappa shape index (κ3) is 4.70. The molecule has 1 aromatic carbocycles. The number of carboxylic acid groups (broad SMARTS) is 1. The van der Waals surface area contributed by atoms with Gasteiger partial charge in [0.2, 0.25) is 10.0 Å². The van der Waals surface area contributed by atoms with E-state index >= 15 is 0 Å². The number of unbranched alkanes of at least 4 members (excludes halogenated alkanes) is 1. The number of halogens is 1. The summed E-state index contributed by atoms with van der Waals surface area (Å²) in [5.74, 6) is -1.23. The van der Waals surface area contributed by atoms with Gasteiger partial charge >= 0.3 is 5.97 Å². The number of nitrogens with zero attached hydrogens (tertiary/aromatic N) is 1. The Morgan fingerprint density at radius 2 is 2.19 bits per heavy atom. The Morgan fingerprint density at radius 3 is 2.67 bits per heavy atom. The van der Waals surface area contributed by atoms with Gasteiger partial charge in [0.05, 0.1) is 15.5 Å². The molecule has 0 fully saturated rings. The van der Waals surface area contributed by atoms with Gasteiger partial charge in [0.1, 0.15) is 12.1 Å². The Balaban J connectivity index is 3.02. The van der Waals surface area contributed by atoms with Crippen LogP contribution in [0.1, 0.15) is 31.7 Å². The van der Waals surface area contributed by atoms with E-state index in [1.165, 1.54) is 12.1 Å². The number of nitriles is 1. The summed E-state index contributed by atoms with van der Waals surface area (Å²) >= 11 is 5.79. The lowest BCUT2D eigenvalue weighted by Gasteiger charge is -2.14. The second-order valence-corrected chi connectivity index (χ2v) is 6.53. The van der Waals surface area contributed by atoms with Crippen LogP contribution in [-0.4, -0.2) is 25.5 Å². The van der Waals surface area contributed by atoms with E-state index < -0.39 is 22.0 Å². The molecule has 1 rings (SSSR count). The standard InChI is InChI=1S/C13H15ClN2O4S/c1-2-3-4-12(13(17)18)16-21(19,20)10-6-5-9(8-15)11(14)7-10/h5-7,12,16H,2-4H2,1H3,(H,17,18)/t12-/m0/s1. The lowest BCUT2D eigenvalue weighted by atomic mass is 10.1. The quantitative estimate of drug-likeness (QED) is 0.796. The number of nitrogens with one attached hydrogen (secondary N) is 1. The average Bonchev–Trinajstić information content (AvgIpc) is 2.43. The van der Waals surface area contributed by atoms with Crippen LogP contribution in [0.2, 0.25) is 5.02 Å². The highest BCUT2D eigenvalue weighted by molar-refractivity contribution is 7.89. The molecular formula is C13H15ClN2O4S. The molecule has 0 saturated carbocycles. The van der Waals surface area contributed by atoms with Crippen LogP contribution < -0.4 is 4.72 Å². The Morgan fingerprint density at radius 1 is 1.52 bits per heavy atom. The predicted octanol–water partition coefficient (Wildman–Crippen LogP) is 2.13. The van der Waals surface area contributed by atoms with Crippen LogP contribution >= 0.6 is 11.6 Å². The molecule has 1 atom stereocenters. The minimum Gasteiger partial charge on any atom is -0.480 e. The predicted molar refractivity (Wildman–Crippen MR) is 77.4 cm³/mol. The van der Waals surface area contributed by atoms with Crippen molar-refractivity contribution in [3.05, 3.63) is 28.8 Å². The minimum atomic E-state index is -4.01. The van der Waals surface area contributed by atoms with Gasteiger partial charge in [-0.25, -0.2) is 8.42 Å². The fourth-order valence-corrected chi connectivity index (χ4v) is 3.19. The second-order valence-electron chi connectivity index (χ2n) is 4.41. The zero-order valence-corrected chi connectivity index (χ0v) is 12.9. The molecule has 6 nitrogen and oxygen atoms in total. The van der Waals surface area contributed by atoms with Gasteiger partial charge in [0.15, 0.2) is 0 Å². The van der Waals surface area contributed by atoms with Crippen molar-refractivity contribution in [2.45, 2.75) is 37.1 Å². The van der Waals surface area contributed by atoms with E-state index in [-0.39, 0.29) is 21.9 Å². The van der Waals surface area contributed by atoms with E-state index in [9.17, 15) is 13.2 Å². The highest BCUT2D eigenvalue weighted by atomic mass is 35.5. The molecular weight excluding hydrogens is 316 g/mol. The average molecular weight is 331 g/mol. The molecule has 1 aromatic rings. The van der Waals surface area contributed by atoms with Crippen LogP contribution in [0, 0.1) is 11.3 Å². The largest absolute Gasteiger partial charge is 0.480 e. The van der Waals surface area contributed by atoms with Crippen molar-refractivity contribution in [3.63, 3.8) is 0 Å². The minimum absolute atomic E-state index is 0.000748. The molecule has 0 unspecified atom stereocenters. The number of benzene rings is 1. The summed E-state index contributed by atoms with van der Waals surface area (Å²) in [6, 6.07) is 4.25. The molecule has 0 aromatic heterocycles. The van der Waals surface area contributed by atoms with Crippen molar-refractivity contribution in [1.82, 2.24) is 4.72 Å². The fourth-order valence-electron chi connectivity index (χ4n) is 1.65. The summed E-state index contributed by atoms with van der Waals surface area (Å²) in [6.45, 7) is 1.88. The summed E-state index contributed by atoms with van der Waals surface area (Å²) < 4.78 is 26.4. The van der Waals surface area contributed by atoms with Crippen molar-refractivity contribution in [3.8, 4) is 6.07 Å². The zero-order chi connectivity index (χ0) is 16.0. The van der Waals surface area contributed by atoms with E-state index in [1.807, 2.05) is 13.0 Å². The molecule has 0 radical (unpaired) electrons. The molecule has 0 aliphatic carbocycles. The van der Waals surface area contributed by atoms with Gasteiger partial charge in [-0.2, -0.15) is 9.98 Å². The van der Waals surface area contributed by atoms with Crippen molar-refractivity contribution in [2.75, 3.05) is 0 Å². The van der Waals surface area contributed by atoms with Crippen LogP contribution in [0.3, 0.4) is 0 Å². The topological polar surface area (TPSA) is 107 Å². The Bertz CT molecular complexity index is 667. The van der Waals surface area contributed by atoms with E-state index in [0.717, 1.165) is 12.5 Å². The summed E-state index contributed by atoms with van der Waals surface area (Å²) in [5.41, 5.74) is 0.149. The van der Waals surface area contributed by atoms with E-state index in [4.69, 9.17) is 22.0 Å². The van der Waals surface area contributed by atoms with E-state index in [2.05, 4.69) is 4.72 Å². The molecule has 114 valence electrons. The summed E-state index contributed by atoms with van der Waals surface area (Å²) in [5, 5.41) is 17.8. The molecule has 0 saturated heterocycles. The monoisotopic (exact) mass is 330 g/mol. The first kappa shape index (κ1) is 17.4. The Hall–Kier alpha value is -1.62. The van der Waals surface area contributed by atoms with Crippen LogP contribution in [0.15, 0.2) is 23.1 Å². The smallest absolute Gasteiger partial charge is 0.321 e. The molecule has 0 aliphatic heterocycles. The van der Waals surface area contributed by atoms with E-state index in [0.29, 0.717) is 6.42 Å². The molecule has 0 amide bonds. The van der Waals surface area contributed by atoms with Crippen LogP contribution in [0.25, 0.3) is 0 Å². The number of hydrogen-bond donors (Lipinski definition) is 2. The summed E-state index contributed by atoms with van der Waals surface area (Å²) in [4.78, 5) is 10.9. The highest BCUT2D eigenvalue weighted by Crippen LogP contribution is 2.20.